The number of hydrogen-bond acceptors (Lipinski definition) is 5. The Morgan fingerprint density at radius 1 is 1.27 bits per heavy atom. The first-order valence-electron chi connectivity index (χ1n) is 10.5. The van der Waals surface area contributed by atoms with E-state index in [0.29, 0.717) is 23.8 Å². The Bertz CT molecular complexity index is 926. The molecule has 4 rings (SSSR count). The van der Waals surface area contributed by atoms with Gasteiger partial charge in [-0.15, -0.1) is 0 Å². The Hall–Kier alpha value is -2.90. The largest absolute Gasteiger partial charge is 0.449 e. The molecule has 8 heteroatoms. The molecule has 8 nitrogen and oxygen atoms in total. The van der Waals surface area contributed by atoms with Crippen LogP contribution in [0.4, 0.5) is 0 Å². The summed E-state index contributed by atoms with van der Waals surface area (Å²) in [5.74, 6) is 0.590. The van der Waals surface area contributed by atoms with Crippen LogP contribution in [0, 0.1) is 11.3 Å². The molecule has 1 saturated carbocycles. The predicted octanol–water partition coefficient (Wildman–Crippen LogP) is 2.05. The lowest BCUT2D eigenvalue weighted by Crippen LogP contribution is -2.40. The second-order valence-electron chi connectivity index (χ2n) is 8.67. The maximum atomic E-state index is 12.4. The van der Waals surface area contributed by atoms with Gasteiger partial charge in [0.1, 0.15) is 0 Å². The molecule has 160 valence electrons. The number of carbonyl (C=O) groups is 3. The number of rotatable bonds is 6. The Kier molecular flexibility index (Phi) is 5.49. The summed E-state index contributed by atoms with van der Waals surface area (Å²) in [5.41, 5.74) is 0.844. The van der Waals surface area contributed by atoms with Crippen LogP contribution in [-0.2, 0) is 9.59 Å². The average Bonchev–Trinajstić information content (AvgIpc) is 3.21. The van der Waals surface area contributed by atoms with Gasteiger partial charge in [0.2, 0.25) is 11.8 Å². The third-order valence-electron chi connectivity index (χ3n) is 6.58. The van der Waals surface area contributed by atoms with E-state index in [1.54, 1.807) is 32.6 Å². The molecular formula is C22H28N4O4. The van der Waals surface area contributed by atoms with Gasteiger partial charge in [0.25, 0.3) is 5.91 Å². The van der Waals surface area contributed by atoms with E-state index in [2.05, 4.69) is 10.3 Å². The van der Waals surface area contributed by atoms with Gasteiger partial charge in [-0.25, -0.2) is 0 Å². The van der Waals surface area contributed by atoms with E-state index >= 15 is 0 Å². The zero-order chi connectivity index (χ0) is 21.3. The van der Waals surface area contributed by atoms with Crippen molar-refractivity contribution in [2.45, 2.75) is 32.1 Å². The number of carbonyl (C=O) groups excluding carboxylic acids is 3. The highest BCUT2D eigenvalue weighted by molar-refractivity contribution is 5.95. The summed E-state index contributed by atoms with van der Waals surface area (Å²) in [6, 6.07) is 3.55. The number of amides is 3. The van der Waals surface area contributed by atoms with Crippen molar-refractivity contribution >= 4 is 28.7 Å². The van der Waals surface area contributed by atoms with Crippen molar-refractivity contribution in [3.05, 3.63) is 30.3 Å². The summed E-state index contributed by atoms with van der Waals surface area (Å²) in [5, 5.41) is 3.86. The molecule has 1 aliphatic carbocycles. The number of nitrogens with zero attached hydrogens (tertiary/aromatic N) is 3. The van der Waals surface area contributed by atoms with Gasteiger partial charge < -0.3 is 19.5 Å². The summed E-state index contributed by atoms with van der Waals surface area (Å²) in [4.78, 5) is 43.9. The van der Waals surface area contributed by atoms with Crippen LogP contribution in [0.1, 0.15) is 42.7 Å². The number of nitrogens with one attached hydrogen (secondary N) is 1. The number of furan rings is 1. The van der Waals surface area contributed by atoms with Crippen LogP contribution >= 0.6 is 0 Å². The second-order valence-corrected chi connectivity index (χ2v) is 8.67. The SMILES string of the molecule is CN(C)C(=O)CCC(=O)N1CCC2(CC1)CC2CNC(=O)c1cc2ccncc2o1. The minimum atomic E-state index is -0.202. The highest BCUT2D eigenvalue weighted by Gasteiger charge is 2.54. The topological polar surface area (TPSA) is 95.8 Å². The van der Waals surface area contributed by atoms with Crippen LogP contribution in [0.15, 0.2) is 28.9 Å². The fraction of sp³-hybridized carbons (Fsp3) is 0.545. The maximum Gasteiger partial charge on any atom is 0.287 e. The molecule has 2 aromatic heterocycles. The number of fused-ring (bicyclic) bond motifs is 1. The van der Waals surface area contributed by atoms with Crippen molar-refractivity contribution < 1.29 is 18.8 Å². The molecule has 30 heavy (non-hydrogen) atoms. The monoisotopic (exact) mass is 412 g/mol. The number of pyridine rings is 1. The molecule has 0 radical (unpaired) electrons. The second kappa shape index (κ2) is 8.08. The van der Waals surface area contributed by atoms with Crippen LogP contribution in [0.2, 0.25) is 0 Å². The molecule has 1 saturated heterocycles. The van der Waals surface area contributed by atoms with Crippen LogP contribution < -0.4 is 5.32 Å². The molecule has 0 aromatic carbocycles. The van der Waals surface area contributed by atoms with Gasteiger partial charge in [0.05, 0.1) is 6.20 Å². The van der Waals surface area contributed by atoms with Crippen LogP contribution in [0.5, 0.6) is 0 Å². The lowest BCUT2D eigenvalue weighted by Gasteiger charge is -2.33. The molecule has 3 heterocycles. The van der Waals surface area contributed by atoms with Crippen LogP contribution in [0.25, 0.3) is 11.0 Å². The van der Waals surface area contributed by atoms with E-state index < -0.39 is 0 Å². The Balaban J connectivity index is 1.21. The minimum Gasteiger partial charge on any atom is -0.449 e. The first-order chi connectivity index (χ1) is 14.4. The highest BCUT2D eigenvalue weighted by Crippen LogP contribution is 2.59. The van der Waals surface area contributed by atoms with Gasteiger partial charge in [-0.3, -0.25) is 19.4 Å². The Labute approximate surface area is 175 Å². The van der Waals surface area contributed by atoms with Gasteiger partial charge in [-0.2, -0.15) is 0 Å². The van der Waals surface area contributed by atoms with Crippen molar-refractivity contribution in [1.82, 2.24) is 20.1 Å². The molecule has 1 spiro atoms. The van der Waals surface area contributed by atoms with Crippen LogP contribution in [0.3, 0.4) is 0 Å². The van der Waals surface area contributed by atoms with E-state index in [0.717, 1.165) is 37.7 Å². The third kappa shape index (κ3) is 4.17. The van der Waals surface area contributed by atoms with Gasteiger partial charge in [0, 0.05) is 58.2 Å². The minimum absolute atomic E-state index is 0.0180. The normalized spacial score (nSPS) is 19.7. The maximum absolute atomic E-state index is 12.4. The molecule has 0 bridgehead atoms. The third-order valence-corrected chi connectivity index (χ3v) is 6.58. The van der Waals surface area contributed by atoms with Gasteiger partial charge >= 0.3 is 0 Å². The summed E-state index contributed by atoms with van der Waals surface area (Å²) >= 11 is 0. The molecule has 1 aliphatic heterocycles. The van der Waals surface area contributed by atoms with Crippen molar-refractivity contribution in [3.8, 4) is 0 Å². The zero-order valence-electron chi connectivity index (χ0n) is 17.5. The van der Waals surface area contributed by atoms with E-state index in [4.69, 9.17) is 4.42 Å². The molecule has 2 aliphatic rings. The van der Waals surface area contributed by atoms with Crippen molar-refractivity contribution in [1.29, 1.82) is 0 Å². The number of piperidine rings is 1. The molecule has 2 aromatic rings. The Morgan fingerprint density at radius 2 is 2.03 bits per heavy atom. The number of hydrogen-bond donors (Lipinski definition) is 1. The molecule has 1 atom stereocenters. The lowest BCUT2D eigenvalue weighted by molar-refractivity contribution is -0.137. The van der Waals surface area contributed by atoms with Gasteiger partial charge in [-0.05, 0) is 42.7 Å². The van der Waals surface area contributed by atoms with Crippen molar-refractivity contribution in [2.24, 2.45) is 11.3 Å². The van der Waals surface area contributed by atoms with E-state index in [1.807, 2.05) is 11.0 Å². The first-order valence-corrected chi connectivity index (χ1v) is 10.5. The lowest BCUT2D eigenvalue weighted by atomic mass is 9.90. The standard InChI is InChI=1S/C22H28N4O4/c1-25(2)19(27)3-4-20(28)26-9-6-22(7-10-26)12-16(22)13-24-21(29)17-11-15-5-8-23-14-18(15)30-17/h5,8,11,14,16H,3-4,6-7,9-10,12-13H2,1-2H3,(H,24,29). The summed E-state index contributed by atoms with van der Waals surface area (Å²) in [7, 11) is 3.41. The first kappa shape index (κ1) is 20.4. The van der Waals surface area contributed by atoms with E-state index in [9.17, 15) is 14.4 Å². The number of likely N-dealkylation sites (tertiary alicyclic amines) is 1. The van der Waals surface area contributed by atoms with Crippen LogP contribution in [-0.4, -0.2) is 66.2 Å². The summed E-state index contributed by atoms with van der Waals surface area (Å²) < 4.78 is 5.57. The molecule has 2 fully saturated rings. The van der Waals surface area contributed by atoms with Gasteiger partial charge in [0.15, 0.2) is 11.3 Å². The molecular weight excluding hydrogens is 384 g/mol. The fourth-order valence-corrected chi connectivity index (χ4v) is 4.43. The fourth-order valence-electron chi connectivity index (χ4n) is 4.43. The summed E-state index contributed by atoms with van der Waals surface area (Å²) in [6.07, 6.45) is 6.81. The quantitative estimate of drug-likeness (QED) is 0.784. The Morgan fingerprint density at radius 3 is 2.73 bits per heavy atom. The van der Waals surface area contributed by atoms with Crippen molar-refractivity contribution in [3.63, 3.8) is 0 Å². The number of aromatic nitrogens is 1. The predicted molar refractivity (Wildman–Crippen MR) is 111 cm³/mol. The molecule has 1 N–H and O–H groups in total. The molecule has 3 amide bonds. The summed E-state index contributed by atoms with van der Waals surface area (Å²) in [6.45, 7) is 2.09. The zero-order valence-corrected chi connectivity index (χ0v) is 17.5. The van der Waals surface area contributed by atoms with E-state index in [1.165, 1.54) is 4.90 Å². The molecule has 1 unspecified atom stereocenters. The van der Waals surface area contributed by atoms with Crippen molar-refractivity contribution in [2.75, 3.05) is 33.7 Å². The highest BCUT2D eigenvalue weighted by atomic mass is 16.3. The average molecular weight is 412 g/mol. The van der Waals surface area contributed by atoms with Gasteiger partial charge in [-0.1, -0.05) is 0 Å². The van der Waals surface area contributed by atoms with E-state index in [-0.39, 0.29) is 36.0 Å². The smallest absolute Gasteiger partial charge is 0.287 e.